The van der Waals surface area contributed by atoms with Gasteiger partial charge in [-0.1, -0.05) is 0 Å². The Balaban J connectivity index is 2.12. The summed E-state index contributed by atoms with van der Waals surface area (Å²) in [6.07, 6.45) is 2.84. The lowest BCUT2D eigenvalue weighted by Gasteiger charge is -2.42. The third kappa shape index (κ3) is 2.46. The fourth-order valence-electron chi connectivity index (χ4n) is 3.61. The zero-order valence-electron chi connectivity index (χ0n) is 13.1. The monoisotopic (exact) mass is 335 g/mol. The van der Waals surface area contributed by atoms with Gasteiger partial charge in [0.25, 0.3) is 0 Å². The van der Waals surface area contributed by atoms with E-state index in [1.54, 1.807) is 38.1 Å². The van der Waals surface area contributed by atoms with Gasteiger partial charge in [-0.05, 0) is 38.1 Å². The van der Waals surface area contributed by atoms with Crippen molar-refractivity contribution in [2.24, 2.45) is 5.41 Å². The Morgan fingerprint density at radius 1 is 0.958 bits per heavy atom. The van der Waals surface area contributed by atoms with Crippen LogP contribution in [0.15, 0.2) is 45.6 Å². The van der Waals surface area contributed by atoms with Crippen molar-refractivity contribution in [2.45, 2.75) is 38.0 Å². The predicted molar refractivity (Wildman–Crippen MR) is 81.4 cm³/mol. The lowest BCUT2D eigenvalue weighted by atomic mass is 9.68. The molecule has 9 nitrogen and oxygen atoms in total. The number of furan rings is 2. The molecule has 1 fully saturated rings. The van der Waals surface area contributed by atoms with E-state index in [2.05, 4.69) is 5.32 Å². The zero-order chi connectivity index (χ0) is 17.5. The maximum Gasteiger partial charge on any atom is 0.247 e. The molecule has 1 N–H and O–H groups in total. The van der Waals surface area contributed by atoms with Crippen molar-refractivity contribution < 1.29 is 18.7 Å². The Labute approximate surface area is 136 Å². The molecule has 4 atom stereocenters. The minimum absolute atomic E-state index is 0.364. The van der Waals surface area contributed by atoms with E-state index in [-0.39, 0.29) is 0 Å². The molecule has 0 radical (unpaired) electrons. The van der Waals surface area contributed by atoms with Crippen LogP contribution in [0.1, 0.15) is 37.5 Å². The van der Waals surface area contributed by atoms with Gasteiger partial charge in [-0.2, -0.15) is 0 Å². The van der Waals surface area contributed by atoms with Gasteiger partial charge in [0.1, 0.15) is 29.0 Å². The maximum absolute atomic E-state index is 11.7. The minimum atomic E-state index is -1.24. The summed E-state index contributed by atoms with van der Waals surface area (Å²) in [6.45, 7) is 3.08. The number of nitro groups is 2. The number of nitrogens with zero attached hydrogens (tertiary/aromatic N) is 2. The van der Waals surface area contributed by atoms with E-state index in [4.69, 9.17) is 8.83 Å². The number of hydrogen-bond acceptors (Lipinski definition) is 7. The number of piperidine rings is 1. The summed E-state index contributed by atoms with van der Waals surface area (Å²) in [5.74, 6) is 0.728. The first-order chi connectivity index (χ1) is 11.3. The molecule has 1 aliphatic rings. The van der Waals surface area contributed by atoms with E-state index >= 15 is 0 Å². The van der Waals surface area contributed by atoms with Crippen LogP contribution >= 0.6 is 0 Å². The van der Waals surface area contributed by atoms with Crippen molar-refractivity contribution in [3.8, 4) is 0 Å². The van der Waals surface area contributed by atoms with Crippen LogP contribution in [0.25, 0.3) is 0 Å². The van der Waals surface area contributed by atoms with Crippen LogP contribution in [0.3, 0.4) is 0 Å². The molecule has 1 saturated heterocycles. The summed E-state index contributed by atoms with van der Waals surface area (Å²) in [7, 11) is 0. The summed E-state index contributed by atoms with van der Waals surface area (Å²) in [5, 5.41) is 26.4. The average Bonchev–Trinajstić information content (AvgIpc) is 3.17. The molecular formula is C15H17N3O6. The Morgan fingerprint density at radius 3 is 1.67 bits per heavy atom. The molecule has 4 unspecified atom stereocenters. The standard InChI is InChI=1S/C15H17N3O6/c1-15(2)13(17(19)20)11(9-5-3-7-23-9)16-12(14(15)18(21)22)10-6-4-8-24-10/h3-8,11-14,16H,1-2H3. The summed E-state index contributed by atoms with van der Waals surface area (Å²) in [6, 6.07) is 2.42. The largest absolute Gasteiger partial charge is 0.467 e. The lowest BCUT2D eigenvalue weighted by Crippen LogP contribution is -2.63. The van der Waals surface area contributed by atoms with Gasteiger partial charge in [-0.3, -0.25) is 25.5 Å². The smallest absolute Gasteiger partial charge is 0.247 e. The van der Waals surface area contributed by atoms with Crippen LogP contribution in [0.5, 0.6) is 0 Å². The van der Waals surface area contributed by atoms with Gasteiger partial charge in [-0.15, -0.1) is 0 Å². The summed E-state index contributed by atoms with van der Waals surface area (Å²) in [5.41, 5.74) is -1.24. The molecule has 2 aromatic heterocycles. The number of rotatable bonds is 4. The van der Waals surface area contributed by atoms with Crippen molar-refractivity contribution in [2.75, 3.05) is 0 Å². The highest BCUT2D eigenvalue weighted by molar-refractivity contribution is 5.18. The van der Waals surface area contributed by atoms with E-state index < -0.39 is 39.4 Å². The molecule has 2 aromatic rings. The Morgan fingerprint density at radius 2 is 1.38 bits per heavy atom. The van der Waals surface area contributed by atoms with Gasteiger partial charge >= 0.3 is 0 Å². The van der Waals surface area contributed by atoms with Crippen molar-refractivity contribution in [1.29, 1.82) is 0 Å². The molecule has 0 saturated carbocycles. The predicted octanol–water partition coefficient (Wildman–Crippen LogP) is 2.58. The second-order valence-electron chi connectivity index (χ2n) is 6.43. The van der Waals surface area contributed by atoms with Crippen LogP contribution in [0.2, 0.25) is 0 Å². The SMILES string of the molecule is CC1(C)C([N+](=O)[O-])C(c2ccco2)NC(c2ccco2)C1[N+](=O)[O-]. The number of hydrogen-bond donors (Lipinski definition) is 1. The Kier molecular flexibility index (Phi) is 3.88. The topological polar surface area (TPSA) is 125 Å². The zero-order valence-corrected chi connectivity index (χ0v) is 13.1. The highest BCUT2D eigenvalue weighted by Gasteiger charge is 2.64. The fourth-order valence-corrected chi connectivity index (χ4v) is 3.61. The van der Waals surface area contributed by atoms with Crippen molar-refractivity contribution in [3.63, 3.8) is 0 Å². The molecule has 1 aliphatic heterocycles. The molecule has 9 heteroatoms. The van der Waals surface area contributed by atoms with E-state index in [0.717, 1.165) is 0 Å². The van der Waals surface area contributed by atoms with Gasteiger partial charge in [0.15, 0.2) is 0 Å². The highest BCUT2D eigenvalue weighted by atomic mass is 16.6. The van der Waals surface area contributed by atoms with Crippen LogP contribution in [-0.2, 0) is 0 Å². The maximum atomic E-state index is 11.7. The molecule has 0 aromatic carbocycles. The molecule has 128 valence electrons. The molecule has 0 bridgehead atoms. The second kappa shape index (κ2) is 5.75. The quantitative estimate of drug-likeness (QED) is 0.672. The van der Waals surface area contributed by atoms with E-state index in [0.29, 0.717) is 11.5 Å². The minimum Gasteiger partial charge on any atom is -0.467 e. The fraction of sp³-hybridized carbons (Fsp3) is 0.467. The first-order valence-corrected chi connectivity index (χ1v) is 7.44. The van der Waals surface area contributed by atoms with Gasteiger partial charge < -0.3 is 8.83 Å². The molecule has 0 aliphatic carbocycles. The van der Waals surface area contributed by atoms with Crippen molar-refractivity contribution >= 4 is 0 Å². The molecule has 3 heterocycles. The lowest BCUT2D eigenvalue weighted by molar-refractivity contribution is -0.605. The normalized spacial score (nSPS) is 29.2. The molecule has 0 amide bonds. The van der Waals surface area contributed by atoms with Crippen molar-refractivity contribution in [1.82, 2.24) is 5.32 Å². The molecule has 3 rings (SSSR count). The Bertz CT molecular complexity index is 664. The Hall–Kier alpha value is -2.68. The van der Waals surface area contributed by atoms with Gasteiger partial charge in [-0.25, -0.2) is 0 Å². The highest BCUT2D eigenvalue weighted by Crippen LogP contribution is 2.46. The second-order valence-corrected chi connectivity index (χ2v) is 6.43. The summed E-state index contributed by atoms with van der Waals surface area (Å²) in [4.78, 5) is 22.5. The van der Waals surface area contributed by atoms with Gasteiger partial charge in [0.05, 0.1) is 12.5 Å². The van der Waals surface area contributed by atoms with Crippen molar-refractivity contribution in [3.05, 3.63) is 68.5 Å². The average molecular weight is 335 g/mol. The van der Waals surface area contributed by atoms with Crippen LogP contribution in [-0.4, -0.2) is 21.9 Å². The molecule has 24 heavy (non-hydrogen) atoms. The van der Waals surface area contributed by atoms with E-state index in [1.165, 1.54) is 12.5 Å². The van der Waals surface area contributed by atoms with E-state index in [9.17, 15) is 20.2 Å². The first kappa shape index (κ1) is 16.2. The van der Waals surface area contributed by atoms with Crippen LogP contribution in [0, 0.1) is 25.6 Å². The van der Waals surface area contributed by atoms with Crippen LogP contribution in [0.4, 0.5) is 0 Å². The summed E-state index contributed by atoms with van der Waals surface area (Å²) < 4.78 is 10.7. The van der Waals surface area contributed by atoms with Gasteiger partial charge in [0, 0.05) is 9.85 Å². The molecular weight excluding hydrogens is 318 g/mol. The third-order valence-corrected chi connectivity index (χ3v) is 4.67. The third-order valence-electron chi connectivity index (χ3n) is 4.67. The van der Waals surface area contributed by atoms with Gasteiger partial charge in [0.2, 0.25) is 12.1 Å². The summed E-state index contributed by atoms with van der Waals surface area (Å²) >= 11 is 0. The van der Waals surface area contributed by atoms with E-state index in [1.807, 2.05) is 0 Å². The molecule has 0 spiro atoms. The first-order valence-electron chi connectivity index (χ1n) is 7.44. The van der Waals surface area contributed by atoms with Crippen LogP contribution < -0.4 is 5.32 Å². The number of nitrogens with one attached hydrogen (secondary N) is 1.